The maximum atomic E-state index is 6.02. The second-order valence-electron chi connectivity index (χ2n) is 11.6. The van der Waals surface area contributed by atoms with E-state index in [1.165, 1.54) is 5.56 Å². The molecular weight excluding hydrogens is 512 g/mol. The van der Waals surface area contributed by atoms with Crippen LogP contribution in [0.2, 0.25) is 0 Å². The van der Waals surface area contributed by atoms with Gasteiger partial charge in [-0.15, -0.1) is 10.2 Å². The van der Waals surface area contributed by atoms with Crippen LogP contribution < -0.4 is 14.2 Å². The number of hydrogen-bond donors (Lipinski definition) is 0. The molecule has 0 aliphatic carbocycles. The summed E-state index contributed by atoms with van der Waals surface area (Å²) in [5.41, 5.74) is 2.90. The van der Waals surface area contributed by atoms with Crippen LogP contribution in [0.15, 0.2) is 101 Å². The summed E-state index contributed by atoms with van der Waals surface area (Å²) in [6.45, 7) is 12.8. The van der Waals surface area contributed by atoms with Crippen molar-refractivity contribution >= 4 is 0 Å². The van der Waals surface area contributed by atoms with Crippen molar-refractivity contribution in [1.82, 2.24) is 10.2 Å². The zero-order valence-electron chi connectivity index (χ0n) is 24.5. The Morgan fingerprint density at radius 1 is 0.537 bits per heavy atom. The molecule has 5 rings (SSSR count). The Morgan fingerprint density at radius 3 is 1.29 bits per heavy atom. The van der Waals surface area contributed by atoms with Crippen molar-refractivity contribution in [3.05, 3.63) is 103 Å². The Labute approximate surface area is 241 Å². The maximum Gasteiger partial charge on any atom is 0.248 e. The quantitative estimate of drug-likeness (QED) is 0.183. The molecule has 0 bridgehead atoms. The molecule has 0 spiro atoms. The largest absolute Gasteiger partial charge is 0.488 e. The van der Waals surface area contributed by atoms with Gasteiger partial charge in [0.15, 0.2) is 0 Å². The molecule has 4 aromatic carbocycles. The van der Waals surface area contributed by atoms with E-state index in [1.807, 2.05) is 106 Å². The van der Waals surface area contributed by atoms with Crippen LogP contribution >= 0.6 is 0 Å². The molecule has 6 heteroatoms. The van der Waals surface area contributed by atoms with E-state index in [4.69, 9.17) is 18.6 Å². The van der Waals surface area contributed by atoms with Crippen molar-refractivity contribution in [3.63, 3.8) is 0 Å². The molecule has 5 aromatic rings. The molecule has 0 aliphatic heterocycles. The summed E-state index contributed by atoms with van der Waals surface area (Å²) < 4.78 is 23.8. The number of aromatic nitrogens is 2. The highest BCUT2D eigenvalue weighted by Gasteiger charge is 2.18. The minimum atomic E-state index is -0.242. The van der Waals surface area contributed by atoms with Gasteiger partial charge in [-0.3, -0.25) is 0 Å². The first kappa shape index (κ1) is 28.0. The molecule has 41 heavy (non-hydrogen) atoms. The second kappa shape index (κ2) is 11.5. The number of hydrogen-bond acceptors (Lipinski definition) is 6. The lowest BCUT2D eigenvalue weighted by atomic mass is 9.82. The molecule has 1 heterocycles. The Kier molecular flexibility index (Phi) is 7.84. The highest BCUT2D eigenvalue weighted by atomic mass is 16.5. The Balaban J connectivity index is 1.18. The SMILES string of the molecule is CCC(C)(C)c1ccc(-c2nnc(-c3ccc(Oc4ccc(Oc5ccc(OC(C)(C)C)cc5)cc4)cc3)o2)cc1. The topological polar surface area (TPSA) is 66.6 Å². The van der Waals surface area contributed by atoms with Crippen molar-refractivity contribution in [1.29, 1.82) is 0 Å². The van der Waals surface area contributed by atoms with Crippen LogP contribution in [0.4, 0.5) is 0 Å². The molecular formula is C35H36N2O4. The predicted molar refractivity (Wildman–Crippen MR) is 162 cm³/mol. The van der Waals surface area contributed by atoms with E-state index in [0.29, 0.717) is 29.0 Å². The minimum Gasteiger partial charge on any atom is -0.488 e. The van der Waals surface area contributed by atoms with E-state index < -0.39 is 0 Å². The van der Waals surface area contributed by atoms with Gasteiger partial charge in [0.2, 0.25) is 11.8 Å². The summed E-state index contributed by atoms with van der Waals surface area (Å²) >= 11 is 0. The number of benzene rings is 4. The molecule has 0 fully saturated rings. The van der Waals surface area contributed by atoms with Crippen LogP contribution in [0, 0.1) is 0 Å². The van der Waals surface area contributed by atoms with Crippen LogP contribution in [0.3, 0.4) is 0 Å². The molecule has 0 radical (unpaired) electrons. The molecule has 0 saturated heterocycles. The van der Waals surface area contributed by atoms with Crippen LogP contribution in [0.25, 0.3) is 22.9 Å². The number of nitrogens with zero attached hydrogens (tertiary/aromatic N) is 2. The lowest BCUT2D eigenvalue weighted by molar-refractivity contribution is 0.131. The Bertz CT molecular complexity index is 1560. The van der Waals surface area contributed by atoms with Gasteiger partial charge in [0, 0.05) is 11.1 Å². The van der Waals surface area contributed by atoms with Crippen molar-refractivity contribution in [2.45, 2.75) is 59.0 Å². The number of rotatable bonds is 9. The Hall–Kier alpha value is -4.58. The summed E-state index contributed by atoms with van der Waals surface area (Å²) in [6, 6.07) is 31.0. The maximum absolute atomic E-state index is 6.02. The normalized spacial score (nSPS) is 11.8. The fraction of sp³-hybridized carbons (Fsp3) is 0.257. The van der Waals surface area contributed by atoms with Gasteiger partial charge >= 0.3 is 0 Å². The average molecular weight is 549 g/mol. The van der Waals surface area contributed by atoms with Gasteiger partial charge in [0.05, 0.1) is 0 Å². The fourth-order valence-electron chi connectivity index (χ4n) is 4.17. The van der Waals surface area contributed by atoms with Gasteiger partial charge in [-0.05, 0) is 123 Å². The van der Waals surface area contributed by atoms with Crippen molar-refractivity contribution in [2.75, 3.05) is 0 Å². The lowest BCUT2D eigenvalue weighted by Crippen LogP contribution is -2.22. The molecule has 0 atom stereocenters. The van der Waals surface area contributed by atoms with Crippen molar-refractivity contribution in [3.8, 4) is 51.7 Å². The molecule has 210 valence electrons. The summed E-state index contributed by atoms with van der Waals surface area (Å²) in [4.78, 5) is 0. The van der Waals surface area contributed by atoms with Gasteiger partial charge < -0.3 is 18.6 Å². The van der Waals surface area contributed by atoms with Gasteiger partial charge in [-0.25, -0.2) is 0 Å². The number of ether oxygens (including phenoxy) is 3. The monoisotopic (exact) mass is 548 g/mol. The average Bonchev–Trinajstić information content (AvgIpc) is 3.45. The first-order valence-electron chi connectivity index (χ1n) is 13.9. The van der Waals surface area contributed by atoms with Gasteiger partial charge in [-0.2, -0.15) is 0 Å². The van der Waals surface area contributed by atoms with E-state index in [1.54, 1.807) is 0 Å². The third-order valence-corrected chi connectivity index (χ3v) is 6.87. The molecule has 0 amide bonds. The molecule has 6 nitrogen and oxygen atoms in total. The molecule has 0 unspecified atom stereocenters. The van der Waals surface area contributed by atoms with E-state index in [9.17, 15) is 0 Å². The predicted octanol–water partition coefficient (Wildman–Crippen LogP) is 9.85. The summed E-state index contributed by atoms with van der Waals surface area (Å²) in [6.07, 6.45) is 1.07. The summed E-state index contributed by atoms with van der Waals surface area (Å²) in [7, 11) is 0. The Morgan fingerprint density at radius 2 is 0.902 bits per heavy atom. The molecule has 0 N–H and O–H groups in total. The fourth-order valence-corrected chi connectivity index (χ4v) is 4.17. The molecule has 0 saturated carbocycles. The van der Waals surface area contributed by atoms with Crippen LogP contribution in [0.5, 0.6) is 28.7 Å². The third-order valence-electron chi connectivity index (χ3n) is 6.87. The van der Waals surface area contributed by atoms with Gasteiger partial charge in [0.25, 0.3) is 0 Å². The first-order valence-corrected chi connectivity index (χ1v) is 13.9. The standard InChI is InChI=1S/C35H36N2O4/c1-7-35(5,6)26-12-8-24(9-13-26)32-36-37-33(40-32)25-10-14-27(15-11-25)38-28-16-18-29(19-17-28)39-30-20-22-31(23-21-30)41-34(2,3)4/h8-23H,7H2,1-6H3. The highest BCUT2D eigenvalue weighted by molar-refractivity contribution is 5.59. The second-order valence-corrected chi connectivity index (χ2v) is 11.6. The lowest BCUT2D eigenvalue weighted by Gasteiger charge is -2.23. The third kappa shape index (κ3) is 7.14. The van der Waals surface area contributed by atoms with Crippen LogP contribution in [-0.4, -0.2) is 15.8 Å². The first-order chi connectivity index (χ1) is 19.6. The van der Waals surface area contributed by atoms with Crippen LogP contribution in [-0.2, 0) is 5.41 Å². The zero-order chi connectivity index (χ0) is 29.0. The van der Waals surface area contributed by atoms with Crippen molar-refractivity contribution in [2.24, 2.45) is 0 Å². The van der Waals surface area contributed by atoms with Crippen molar-refractivity contribution < 1.29 is 18.6 Å². The molecule has 1 aromatic heterocycles. The van der Waals surface area contributed by atoms with Gasteiger partial charge in [0.1, 0.15) is 34.3 Å². The zero-order valence-corrected chi connectivity index (χ0v) is 24.5. The van der Waals surface area contributed by atoms with E-state index >= 15 is 0 Å². The minimum absolute atomic E-state index is 0.132. The van der Waals surface area contributed by atoms with E-state index in [-0.39, 0.29) is 11.0 Å². The summed E-state index contributed by atoms with van der Waals surface area (Å²) in [5, 5.41) is 8.51. The van der Waals surface area contributed by atoms with E-state index in [0.717, 1.165) is 29.0 Å². The van der Waals surface area contributed by atoms with Gasteiger partial charge in [-0.1, -0.05) is 32.9 Å². The smallest absolute Gasteiger partial charge is 0.248 e. The summed E-state index contributed by atoms with van der Waals surface area (Å²) in [5.74, 6) is 4.62. The highest BCUT2D eigenvalue weighted by Crippen LogP contribution is 2.32. The van der Waals surface area contributed by atoms with Crippen LogP contribution in [0.1, 0.15) is 53.5 Å². The molecule has 0 aliphatic rings. The van der Waals surface area contributed by atoms with E-state index in [2.05, 4.69) is 43.1 Å².